The Morgan fingerprint density at radius 3 is 2.43 bits per heavy atom. The second kappa shape index (κ2) is 3.80. The second-order valence-corrected chi connectivity index (χ2v) is 4.80. The molecule has 1 saturated heterocycles. The van der Waals surface area contributed by atoms with Crippen LogP contribution >= 0.6 is 0 Å². The minimum Gasteiger partial charge on any atom is -0.393 e. The zero-order chi connectivity index (χ0) is 10.2. The highest BCUT2D eigenvalue weighted by Gasteiger charge is 2.45. The van der Waals surface area contributed by atoms with Gasteiger partial charge in [-0.15, -0.1) is 0 Å². The third-order valence-corrected chi connectivity index (χ3v) is 3.61. The molecule has 2 rings (SSSR count). The summed E-state index contributed by atoms with van der Waals surface area (Å²) in [5.74, 6) is 0.256. The third kappa shape index (κ3) is 1.81. The van der Waals surface area contributed by atoms with Gasteiger partial charge in [0.05, 0.1) is 19.3 Å². The van der Waals surface area contributed by atoms with Crippen molar-refractivity contribution in [3.05, 3.63) is 0 Å². The molecule has 1 heterocycles. The van der Waals surface area contributed by atoms with E-state index in [4.69, 9.17) is 9.47 Å². The summed E-state index contributed by atoms with van der Waals surface area (Å²) < 4.78 is 11.2. The standard InChI is InChI=1S/C11H20O3/c1-8-3-4-9(10(12)7-8)11(2)13-5-6-14-11/h8-10,12H,3-7H2,1-2H3/t8-,9-,10-/m1/s1. The van der Waals surface area contributed by atoms with E-state index in [2.05, 4.69) is 6.92 Å². The lowest BCUT2D eigenvalue weighted by Crippen LogP contribution is -2.45. The zero-order valence-electron chi connectivity index (χ0n) is 9.03. The smallest absolute Gasteiger partial charge is 0.170 e. The van der Waals surface area contributed by atoms with Crippen molar-refractivity contribution in [3.8, 4) is 0 Å². The van der Waals surface area contributed by atoms with Crippen LogP contribution in [0, 0.1) is 11.8 Å². The van der Waals surface area contributed by atoms with Gasteiger partial charge in [-0.05, 0) is 25.7 Å². The van der Waals surface area contributed by atoms with Crippen molar-refractivity contribution in [1.82, 2.24) is 0 Å². The molecule has 3 heteroatoms. The van der Waals surface area contributed by atoms with Crippen LogP contribution in [-0.2, 0) is 9.47 Å². The van der Waals surface area contributed by atoms with Gasteiger partial charge in [-0.25, -0.2) is 0 Å². The fourth-order valence-electron chi connectivity index (χ4n) is 2.71. The van der Waals surface area contributed by atoms with E-state index in [1.165, 1.54) is 6.42 Å². The molecule has 0 radical (unpaired) electrons. The zero-order valence-corrected chi connectivity index (χ0v) is 9.03. The quantitative estimate of drug-likeness (QED) is 0.698. The fourth-order valence-corrected chi connectivity index (χ4v) is 2.71. The summed E-state index contributed by atoms with van der Waals surface area (Å²) in [6.45, 7) is 5.48. The Balaban J connectivity index is 2.02. The van der Waals surface area contributed by atoms with Gasteiger partial charge in [0.2, 0.25) is 0 Å². The highest BCUT2D eigenvalue weighted by molar-refractivity contribution is 4.88. The fraction of sp³-hybridized carbons (Fsp3) is 1.00. The molecule has 2 aliphatic rings. The molecule has 0 aromatic rings. The maximum absolute atomic E-state index is 10.0. The van der Waals surface area contributed by atoms with Crippen molar-refractivity contribution >= 4 is 0 Å². The van der Waals surface area contributed by atoms with E-state index in [0.717, 1.165) is 12.8 Å². The summed E-state index contributed by atoms with van der Waals surface area (Å²) in [4.78, 5) is 0. The molecule has 0 aromatic heterocycles. The molecule has 0 unspecified atom stereocenters. The first-order valence-corrected chi connectivity index (χ1v) is 5.58. The van der Waals surface area contributed by atoms with Crippen molar-refractivity contribution in [1.29, 1.82) is 0 Å². The Labute approximate surface area is 85.4 Å². The molecule has 1 aliphatic carbocycles. The number of aliphatic hydroxyl groups excluding tert-OH is 1. The van der Waals surface area contributed by atoms with Crippen LogP contribution in [0.3, 0.4) is 0 Å². The largest absolute Gasteiger partial charge is 0.393 e. The lowest BCUT2D eigenvalue weighted by atomic mass is 9.77. The summed E-state index contributed by atoms with van der Waals surface area (Å²) in [7, 11) is 0. The van der Waals surface area contributed by atoms with Gasteiger partial charge < -0.3 is 14.6 Å². The van der Waals surface area contributed by atoms with E-state index in [1.807, 2.05) is 6.92 Å². The second-order valence-electron chi connectivity index (χ2n) is 4.80. The molecule has 0 amide bonds. The Morgan fingerprint density at radius 1 is 1.21 bits per heavy atom. The van der Waals surface area contributed by atoms with E-state index < -0.39 is 5.79 Å². The average Bonchev–Trinajstić information content (AvgIpc) is 2.52. The van der Waals surface area contributed by atoms with Crippen LogP contribution in [0.5, 0.6) is 0 Å². The summed E-state index contributed by atoms with van der Waals surface area (Å²) in [5.41, 5.74) is 0. The van der Waals surface area contributed by atoms with Crippen molar-refractivity contribution in [2.45, 2.75) is 45.0 Å². The maximum atomic E-state index is 10.0. The Kier molecular flexibility index (Phi) is 2.82. The van der Waals surface area contributed by atoms with Crippen LogP contribution in [0.15, 0.2) is 0 Å². The molecule has 1 N–H and O–H groups in total. The first kappa shape index (κ1) is 10.4. The van der Waals surface area contributed by atoms with Gasteiger partial charge in [-0.1, -0.05) is 13.3 Å². The van der Waals surface area contributed by atoms with Crippen molar-refractivity contribution in [2.75, 3.05) is 13.2 Å². The summed E-state index contributed by atoms with van der Waals surface area (Å²) in [6.07, 6.45) is 2.80. The predicted octanol–water partition coefficient (Wildman–Crippen LogP) is 1.55. The van der Waals surface area contributed by atoms with Crippen molar-refractivity contribution in [2.24, 2.45) is 11.8 Å². The van der Waals surface area contributed by atoms with E-state index in [0.29, 0.717) is 19.1 Å². The number of aliphatic hydroxyl groups is 1. The van der Waals surface area contributed by atoms with Crippen LogP contribution in [0.1, 0.15) is 33.1 Å². The minimum absolute atomic E-state index is 0.154. The highest BCUT2D eigenvalue weighted by atomic mass is 16.7. The van der Waals surface area contributed by atoms with Gasteiger partial charge in [0.25, 0.3) is 0 Å². The molecule has 2 fully saturated rings. The Morgan fingerprint density at radius 2 is 1.86 bits per heavy atom. The highest BCUT2D eigenvalue weighted by Crippen LogP contribution is 2.39. The average molecular weight is 200 g/mol. The van der Waals surface area contributed by atoms with Gasteiger partial charge in [0.15, 0.2) is 5.79 Å². The topological polar surface area (TPSA) is 38.7 Å². The van der Waals surface area contributed by atoms with Gasteiger partial charge in [0.1, 0.15) is 0 Å². The first-order valence-electron chi connectivity index (χ1n) is 5.58. The SMILES string of the molecule is C[C@@H]1CC[C@@H](C2(C)OCCO2)[C@H](O)C1. The molecule has 1 aliphatic heterocycles. The lowest BCUT2D eigenvalue weighted by molar-refractivity contribution is -0.213. The Bertz CT molecular complexity index is 199. The third-order valence-electron chi connectivity index (χ3n) is 3.61. The molecule has 0 spiro atoms. The number of hydrogen-bond donors (Lipinski definition) is 1. The monoisotopic (exact) mass is 200 g/mol. The lowest BCUT2D eigenvalue weighted by Gasteiger charge is -2.40. The number of hydrogen-bond acceptors (Lipinski definition) is 3. The maximum Gasteiger partial charge on any atom is 0.170 e. The van der Waals surface area contributed by atoms with Crippen molar-refractivity contribution in [3.63, 3.8) is 0 Å². The van der Waals surface area contributed by atoms with Gasteiger partial charge in [-0.2, -0.15) is 0 Å². The summed E-state index contributed by atoms with van der Waals surface area (Å²) >= 11 is 0. The number of ether oxygens (including phenoxy) is 2. The normalized spacial score (nSPS) is 42.6. The van der Waals surface area contributed by atoms with E-state index in [9.17, 15) is 5.11 Å². The van der Waals surface area contributed by atoms with E-state index in [-0.39, 0.29) is 12.0 Å². The summed E-state index contributed by atoms with van der Waals surface area (Å²) in [6, 6.07) is 0. The molecular weight excluding hydrogens is 180 g/mol. The van der Waals surface area contributed by atoms with Gasteiger partial charge >= 0.3 is 0 Å². The van der Waals surface area contributed by atoms with Gasteiger partial charge in [0, 0.05) is 5.92 Å². The number of rotatable bonds is 1. The summed E-state index contributed by atoms with van der Waals surface area (Å²) in [5, 5.41) is 10.0. The van der Waals surface area contributed by atoms with Crippen LogP contribution in [-0.4, -0.2) is 30.2 Å². The molecule has 0 aromatic carbocycles. The van der Waals surface area contributed by atoms with E-state index >= 15 is 0 Å². The van der Waals surface area contributed by atoms with Crippen molar-refractivity contribution < 1.29 is 14.6 Å². The van der Waals surface area contributed by atoms with Crippen LogP contribution in [0.25, 0.3) is 0 Å². The molecule has 3 nitrogen and oxygen atoms in total. The van der Waals surface area contributed by atoms with E-state index in [1.54, 1.807) is 0 Å². The first-order chi connectivity index (χ1) is 6.62. The van der Waals surface area contributed by atoms with Crippen LogP contribution in [0.2, 0.25) is 0 Å². The Hall–Kier alpha value is -0.120. The minimum atomic E-state index is -0.528. The van der Waals surface area contributed by atoms with Gasteiger partial charge in [-0.3, -0.25) is 0 Å². The molecule has 0 bridgehead atoms. The molecule has 14 heavy (non-hydrogen) atoms. The van der Waals surface area contributed by atoms with Crippen LogP contribution in [0.4, 0.5) is 0 Å². The molecule has 82 valence electrons. The van der Waals surface area contributed by atoms with Crippen LogP contribution < -0.4 is 0 Å². The predicted molar refractivity (Wildman–Crippen MR) is 52.8 cm³/mol. The molecule has 1 saturated carbocycles. The molecule has 3 atom stereocenters. The molecular formula is C11H20O3.